The molecule has 0 aliphatic heterocycles. The largest absolute Gasteiger partial charge is 0.439 e. The van der Waals surface area contributed by atoms with E-state index in [1.165, 1.54) is 12.1 Å². The van der Waals surface area contributed by atoms with Gasteiger partial charge in [-0.25, -0.2) is 9.37 Å². The molecule has 3 aromatic rings. The Balaban J connectivity index is 1.60. The van der Waals surface area contributed by atoms with Gasteiger partial charge >= 0.3 is 0 Å². The number of benzene rings is 2. The number of nitrogens with zero attached hydrogens (tertiary/aromatic N) is 1. The smallest absolute Gasteiger partial charge is 0.211 e. The molecule has 0 spiro atoms. The summed E-state index contributed by atoms with van der Waals surface area (Å²) in [5, 5.41) is 13.3. The van der Waals surface area contributed by atoms with Crippen molar-refractivity contribution in [1.82, 2.24) is 10.3 Å². The van der Waals surface area contributed by atoms with E-state index < -0.39 is 6.10 Å². The topological polar surface area (TPSA) is 58.3 Å². The fraction of sp³-hybridized carbons (Fsp3) is 0.211. The summed E-state index contributed by atoms with van der Waals surface area (Å²) in [6, 6.07) is 15.4. The van der Waals surface area contributed by atoms with Crippen LogP contribution in [0.4, 0.5) is 4.39 Å². The summed E-state index contributed by atoms with van der Waals surface area (Å²) in [5.74, 6) is 0.944. The van der Waals surface area contributed by atoms with E-state index in [4.69, 9.17) is 4.42 Å². The molecular formula is C19H19FN2O2. The number of aliphatic hydroxyl groups excluding tert-OH is 1. The minimum atomic E-state index is -0.725. The van der Waals surface area contributed by atoms with Crippen molar-refractivity contribution in [3.8, 4) is 11.3 Å². The number of rotatable bonds is 6. The summed E-state index contributed by atoms with van der Waals surface area (Å²) in [7, 11) is 0. The van der Waals surface area contributed by atoms with Gasteiger partial charge in [0.2, 0.25) is 5.89 Å². The van der Waals surface area contributed by atoms with Gasteiger partial charge in [0.25, 0.3) is 0 Å². The van der Waals surface area contributed by atoms with Gasteiger partial charge in [-0.2, -0.15) is 0 Å². The Morgan fingerprint density at radius 2 is 1.83 bits per heavy atom. The lowest BCUT2D eigenvalue weighted by Crippen LogP contribution is -2.24. The lowest BCUT2D eigenvalue weighted by atomic mass is 10.1. The molecule has 0 bridgehead atoms. The molecule has 124 valence electrons. The monoisotopic (exact) mass is 326 g/mol. The molecule has 5 heteroatoms. The highest BCUT2D eigenvalue weighted by atomic mass is 19.1. The maximum absolute atomic E-state index is 12.9. The molecule has 0 saturated carbocycles. The summed E-state index contributed by atoms with van der Waals surface area (Å²) in [6.45, 7) is 2.23. The molecule has 0 saturated heterocycles. The normalized spacial score (nSPS) is 13.6. The first-order valence-electron chi connectivity index (χ1n) is 7.81. The van der Waals surface area contributed by atoms with E-state index in [0.29, 0.717) is 23.8 Å². The second-order valence-corrected chi connectivity index (χ2v) is 5.63. The van der Waals surface area contributed by atoms with Crippen molar-refractivity contribution in [2.45, 2.75) is 19.1 Å². The minimum Gasteiger partial charge on any atom is -0.439 e. The molecule has 0 fully saturated rings. The van der Waals surface area contributed by atoms with Crippen LogP contribution in [-0.4, -0.2) is 16.6 Å². The highest BCUT2D eigenvalue weighted by Crippen LogP contribution is 2.23. The fourth-order valence-electron chi connectivity index (χ4n) is 2.40. The highest BCUT2D eigenvalue weighted by Gasteiger charge is 2.15. The Morgan fingerprint density at radius 3 is 2.54 bits per heavy atom. The molecule has 0 aliphatic carbocycles. The van der Waals surface area contributed by atoms with Crippen LogP contribution in [-0.2, 0) is 0 Å². The van der Waals surface area contributed by atoms with Gasteiger partial charge in [-0.05, 0) is 24.6 Å². The Hall–Kier alpha value is -2.50. The molecule has 1 heterocycles. The van der Waals surface area contributed by atoms with Crippen molar-refractivity contribution in [3.05, 3.63) is 78.1 Å². The van der Waals surface area contributed by atoms with Crippen LogP contribution >= 0.6 is 0 Å². The van der Waals surface area contributed by atoms with Crippen LogP contribution in [0, 0.1) is 5.82 Å². The van der Waals surface area contributed by atoms with E-state index in [1.807, 2.05) is 37.3 Å². The number of aromatic nitrogens is 1. The lowest BCUT2D eigenvalue weighted by Gasteiger charge is -2.15. The van der Waals surface area contributed by atoms with Gasteiger partial charge in [0.05, 0.1) is 18.3 Å². The van der Waals surface area contributed by atoms with Gasteiger partial charge in [0, 0.05) is 12.1 Å². The quantitative estimate of drug-likeness (QED) is 0.722. The summed E-state index contributed by atoms with van der Waals surface area (Å²) >= 11 is 0. The van der Waals surface area contributed by atoms with E-state index in [1.54, 1.807) is 18.3 Å². The second kappa shape index (κ2) is 7.38. The van der Waals surface area contributed by atoms with Gasteiger partial charge in [-0.3, -0.25) is 0 Å². The maximum atomic E-state index is 12.9. The fourth-order valence-corrected chi connectivity index (χ4v) is 2.40. The zero-order valence-corrected chi connectivity index (χ0v) is 13.3. The van der Waals surface area contributed by atoms with Crippen LogP contribution in [0.25, 0.3) is 11.3 Å². The SMILES string of the molecule is C[C@H](NC[C@@H](O)c1ccc(F)cc1)c1ncc(-c2ccccc2)o1. The number of halogens is 1. The molecule has 0 unspecified atom stereocenters. The van der Waals surface area contributed by atoms with Crippen LogP contribution in [0.1, 0.15) is 30.5 Å². The van der Waals surface area contributed by atoms with Crippen LogP contribution in [0.2, 0.25) is 0 Å². The molecule has 2 aromatic carbocycles. The first kappa shape index (κ1) is 16.4. The first-order chi connectivity index (χ1) is 11.6. The van der Waals surface area contributed by atoms with E-state index >= 15 is 0 Å². The Bertz CT molecular complexity index is 772. The third kappa shape index (κ3) is 3.88. The number of oxazole rings is 1. The van der Waals surface area contributed by atoms with Crippen molar-refractivity contribution in [2.75, 3.05) is 6.54 Å². The van der Waals surface area contributed by atoms with Crippen LogP contribution in [0.5, 0.6) is 0 Å². The number of hydrogen-bond donors (Lipinski definition) is 2. The summed E-state index contributed by atoms with van der Waals surface area (Å²) in [4.78, 5) is 4.29. The average Bonchev–Trinajstić information content (AvgIpc) is 3.11. The van der Waals surface area contributed by atoms with Crippen LogP contribution in [0.3, 0.4) is 0 Å². The predicted octanol–water partition coefficient (Wildman–Crippen LogP) is 3.86. The van der Waals surface area contributed by atoms with Gasteiger partial charge < -0.3 is 14.8 Å². The second-order valence-electron chi connectivity index (χ2n) is 5.63. The Kier molecular flexibility index (Phi) is 5.03. The standard InChI is InChI=1S/C19H19FN2O2/c1-13(21-11-17(23)14-7-9-16(20)10-8-14)19-22-12-18(24-19)15-5-3-2-4-6-15/h2-10,12-13,17,21,23H,11H2,1H3/t13-,17+/m0/s1. The Morgan fingerprint density at radius 1 is 1.12 bits per heavy atom. The van der Waals surface area contributed by atoms with Crippen molar-refractivity contribution >= 4 is 0 Å². The number of nitrogens with one attached hydrogen (secondary N) is 1. The van der Waals surface area contributed by atoms with Crippen molar-refractivity contribution in [3.63, 3.8) is 0 Å². The van der Waals surface area contributed by atoms with Gasteiger partial charge in [-0.1, -0.05) is 42.5 Å². The summed E-state index contributed by atoms with van der Waals surface area (Å²) < 4.78 is 18.7. The van der Waals surface area contributed by atoms with E-state index in [-0.39, 0.29) is 11.9 Å². The molecular weight excluding hydrogens is 307 g/mol. The summed E-state index contributed by atoms with van der Waals surface area (Å²) in [5.41, 5.74) is 1.63. The first-order valence-corrected chi connectivity index (χ1v) is 7.81. The zero-order chi connectivity index (χ0) is 16.9. The average molecular weight is 326 g/mol. The highest BCUT2D eigenvalue weighted by molar-refractivity contribution is 5.55. The predicted molar refractivity (Wildman–Crippen MR) is 89.7 cm³/mol. The third-order valence-corrected chi connectivity index (χ3v) is 3.82. The van der Waals surface area contributed by atoms with E-state index in [0.717, 1.165) is 5.56 Å². The molecule has 2 atom stereocenters. The maximum Gasteiger partial charge on any atom is 0.211 e. The lowest BCUT2D eigenvalue weighted by molar-refractivity contribution is 0.168. The number of hydrogen-bond acceptors (Lipinski definition) is 4. The number of aliphatic hydroxyl groups is 1. The van der Waals surface area contributed by atoms with Crippen molar-refractivity contribution in [1.29, 1.82) is 0 Å². The molecule has 4 nitrogen and oxygen atoms in total. The molecule has 3 rings (SSSR count). The van der Waals surface area contributed by atoms with Crippen molar-refractivity contribution < 1.29 is 13.9 Å². The molecule has 2 N–H and O–H groups in total. The van der Waals surface area contributed by atoms with Crippen LogP contribution < -0.4 is 5.32 Å². The van der Waals surface area contributed by atoms with Gasteiger partial charge in [0.15, 0.2) is 5.76 Å². The molecule has 1 aromatic heterocycles. The Labute approximate surface area is 140 Å². The summed E-state index contributed by atoms with van der Waals surface area (Å²) in [6.07, 6.45) is 0.968. The van der Waals surface area contributed by atoms with Gasteiger partial charge in [0.1, 0.15) is 5.82 Å². The van der Waals surface area contributed by atoms with E-state index in [9.17, 15) is 9.50 Å². The van der Waals surface area contributed by atoms with E-state index in [2.05, 4.69) is 10.3 Å². The molecule has 0 amide bonds. The minimum absolute atomic E-state index is 0.155. The third-order valence-electron chi connectivity index (χ3n) is 3.82. The molecule has 24 heavy (non-hydrogen) atoms. The van der Waals surface area contributed by atoms with Crippen LogP contribution in [0.15, 0.2) is 65.2 Å². The zero-order valence-electron chi connectivity index (χ0n) is 13.3. The van der Waals surface area contributed by atoms with Crippen molar-refractivity contribution in [2.24, 2.45) is 0 Å². The van der Waals surface area contributed by atoms with Gasteiger partial charge in [-0.15, -0.1) is 0 Å². The molecule has 0 aliphatic rings. The molecule has 0 radical (unpaired) electrons.